The van der Waals surface area contributed by atoms with Crippen molar-refractivity contribution in [2.24, 2.45) is 0 Å². The second-order valence-corrected chi connectivity index (χ2v) is 6.68. The number of allylic oxidation sites excluding steroid dienone is 1. The summed E-state index contributed by atoms with van der Waals surface area (Å²) >= 11 is 0. The summed E-state index contributed by atoms with van der Waals surface area (Å²) in [6.07, 6.45) is 3.83. The first-order valence-corrected chi connectivity index (χ1v) is 8.85. The Bertz CT molecular complexity index is 321. The van der Waals surface area contributed by atoms with Gasteiger partial charge in [-0.1, -0.05) is 26.3 Å². The lowest BCUT2D eigenvalue weighted by atomic mass is 10.1. The minimum atomic E-state index is -0.462. The molecule has 0 bridgehead atoms. The van der Waals surface area contributed by atoms with Crippen molar-refractivity contribution in [1.29, 1.82) is 0 Å². The lowest BCUT2D eigenvalue weighted by Crippen LogP contribution is -2.39. The zero-order chi connectivity index (χ0) is 18.5. The molecule has 1 unspecified atom stereocenters. The van der Waals surface area contributed by atoms with Crippen molar-refractivity contribution < 1.29 is 14.3 Å². The van der Waals surface area contributed by atoms with Gasteiger partial charge in [-0.3, -0.25) is 0 Å². The van der Waals surface area contributed by atoms with Crippen molar-refractivity contribution >= 4 is 6.09 Å². The minimum Gasteiger partial charge on any atom is -0.444 e. The molecule has 0 saturated heterocycles. The third-order valence-electron chi connectivity index (χ3n) is 2.99. The Hall–Kier alpha value is -1.03. The lowest BCUT2D eigenvalue weighted by Gasteiger charge is -2.27. The molecular weight excluding hydrogens is 290 g/mol. The van der Waals surface area contributed by atoms with E-state index in [0.717, 1.165) is 32.3 Å². The van der Waals surface area contributed by atoms with Crippen LogP contribution in [0.2, 0.25) is 0 Å². The fraction of sp³-hybridized carbons (Fsp3) is 0.842. The molecule has 0 rings (SSSR count). The molecule has 1 atom stereocenters. The third kappa shape index (κ3) is 15.6. The van der Waals surface area contributed by atoms with Crippen LogP contribution >= 0.6 is 0 Å². The van der Waals surface area contributed by atoms with Gasteiger partial charge in [0.15, 0.2) is 0 Å². The summed E-state index contributed by atoms with van der Waals surface area (Å²) in [5.74, 6) is 0. The maximum absolute atomic E-state index is 11.9. The molecule has 0 aliphatic carbocycles. The Morgan fingerprint density at radius 3 is 2.22 bits per heavy atom. The molecule has 0 aliphatic rings. The number of ether oxygens (including phenoxy) is 2. The quantitative estimate of drug-likeness (QED) is 0.419. The molecule has 0 N–H and O–H groups in total. The highest BCUT2D eigenvalue weighted by Gasteiger charge is 2.21. The Morgan fingerprint density at radius 2 is 1.78 bits per heavy atom. The van der Waals surface area contributed by atoms with E-state index in [0.29, 0.717) is 6.54 Å². The summed E-state index contributed by atoms with van der Waals surface area (Å²) in [7, 11) is 1.75. The van der Waals surface area contributed by atoms with Gasteiger partial charge in [-0.05, 0) is 53.4 Å². The normalized spacial score (nSPS) is 12.0. The molecule has 0 radical (unpaired) electrons. The van der Waals surface area contributed by atoms with Crippen molar-refractivity contribution in [3.8, 4) is 0 Å². The van der Waals surface area contributed by atoms with Crippen LogP contribution in [0.15, 0.2) is 12.2 Å². The molecule has 0 heterocycles. The van der Waals surface area contributed by atoms with Crippen LogP contribution < -0.4 is 0 Å². The average Bonchev–Trinajstić information content (AvgIpc) is 2.45. The van der Waals surface area contributed by atoms with Gasteiger partial charge in [0.25, 0.3) is 0 Å². The van der Waals surface area contributed by atoms with Gasteiger partial charge in [-0.15, -0.1) is 6.58 Å². The molecule has 0 spiro atoms. The largest absolute Gasteiger partial charge is 0.444 e. The standard InChI is InChI=1S/C17H33NO3.C2H6/c1-8-15(20-12-10-9-11-14(2)3)13-18(7)16(19)21-17(4,5)6;1-2/h15H,2,8-13H2,1,3-7H3;1-2H3. The second-order valence-electron chi connectivity index (χ2n) is 6.68. The number of carbonyl (C=O) groups excluding carboxylic acids is 1. The molecule has 0 aromatic carbocycles. The minimum absolute atomic E-state index is 0.0624. The molecule has 0 saturated carbocycles. The van der Waals surface area contributed by atoms with Crippen molar-refractivity contribution in [2.45, 2.75) is 85.9 Å². The summed E-state index contributed by atoms with van der Waals surface area (Å²) in [6, 6.07) is 0. The van der Waals surface area contributed by atoms with E-state index in [9.17, 15) is 4.79 Å². The molecule has 0 aliphatic heterocycles. The number of likely N-dealkylation sites (N-methyl/N-ethyl adjacent to an activating group) is 1. The first-order chi connectivity index (χ1) is 10.7. The summed E-state index contributed by atoms with van der Waals surface area (Å²) in [6.45, 7) is 18.9. The highest BCUT2D eigenvalue weighted by atomic mass is 16.6. The molecule has 23 heavy (non-hydrogen) atoms. The van der Waals surface area contributed by atoms with Crippen molar-refractivity contribution in [3.05, 3.63) is 12.2 Å². The van der Waals surface area contributed by atoms with Crippen molar-refractivity contribution in [3.63, 3.8) is 0 Å². The first kappa shape index (κ1) is 24.2. The van der Waals surface area contributed by atoms with Crippen LogP contribution in [0.1, 0.15) is 74.1 Å². The van der Waals surface area contributed by atoms with Crippen molar-refractivity contribution in [2.75, 3.05) is 20.2 Å². The molecule has 0 fully saturated rings. The van der Waals surface area contributed by atoms with E-state index in [4.69, 9.17) is 9.47 Å². The molecule has 4 heteroatoms. The number of hydrogen-bond acceptors (Lipinski definition) is 3. The van der Waals surface area contributed by atoms with Crippen LogP contribution in [-0.4, -0.2) is 42.9 Å². The summed E-state index contributed by atoms with van der Waals surface area (Å²) in [5, 5.41) is 0. The topological polar surface area (TPSA) is 38.8 Å². The van der Waals surface area contributed by atoms with Gasteiger partial charge in [-0.25, -0.2) is 4.79 Å². The molecule has 0 aromatic rings. The second kappa shape index (κ2) is 13.4. The van der Waals surface area contributed by atoms with Gasteiger partial charge < -0.3 is 14.4 Å². The van der Waals surface area contributed by atoms with Crippen molar-refractivity contribution in [1.82, 2.24) is 4.90 Å². The molecule has 0 aromatic heterocycles. The monoisotopic (exact) mass is 329 g/mol. The number of unbranched alkanes of at least 4 members (excludes halogenated alkanes) is 1. The Morgan fingerprint density at radius 1 is 1.22 bits per heavy atom. The molecular formula is C19H39NO3. The molecule has 4 nitrogen and oxygen atoms in total. The highest BCUT2D eigenvalue weighted by Crippen LogP contribution is 2.11. The highest BCUT2D eigenvalue weighted by molar-refractivity contribution is 5.67. The fourth-order valence-electron chi connectivity index (χ4n) is 1.80. The average molecular weight is 330 g/mol. The zero-order valence-electron chi connectivity index (χ0n) is 16.7. The van der Waals surface area contributed by atoms with Crippen LogP contribution in [0.5, 0.6) is 0 Å². The van der Waals surface area contributed by atoms with Crippen LogP contribution in [0.25, 0.3) is 0 Å². The summed E-state index contributed by atoms with van der Waals surface area (Å²) < 4.78 is 11.2. The van der Waals surface area contributed by atoms with E-state index in [1.165, 1.54) is 5.57 Å². The zero-order valence-corrected chi connectivity index (χ0v) is 16.7. The van der Waals surface area contributed by atoms with Crippen LogP contribution in [-0.2, 0) is 9.47 Å². The van der Waals surface area contributed by atoms with Gasteiger partial charge in [0, 0.05) is 20.2 Å². The lowest BCUT2D eigenvalue weighted by molar-refractivity contribution is 0.00166. The van der Waals surface area contributed by atoms with E-state index in [2.05, 4.69) is 13.5 Å². The predicted octanol–water partition coefficient (Wildman–Crippen LogP) is 5.42. The number of amides is 1. The van der Waals surface area contributed by atoms with Crippen LogP contribution in [0.3, 0.4) is 0 Å². The van der Waals surface area contributed by atoms with E-state index in [1.807, 2.05) is 41.5 Å². The maximum atomic E-state index is 11.9. The summed E-state index contributed by atoms with van der Waals surface area (Å²) in [4.78, 5) is 13.5. The number of nitrogens with zero attached hydrogens (tertiary/aromatic N) is 1. The van der Waals surface area contributed by atoms with E-state index < -0.39 is 5.60 Å². The predicted molar refractivity (Wildman–Crippen MR) is 98.9 cm³/mol. The third-order valence-corrected chi connectivity index (χ3v) is 2.99. The Balaban J connectivity index is 0. The van der Waals surface area contributed by atoms with E-state index in [1.54, 1.807) is 11.9 Å². The maximum Gasteiger partial charge on any atom is 0.410 e. The van der Waals surface area contributed by atoms with Crippen LogP contribution in [0, 0.1) is 0 Å². The van der Waals surface area contributed by atoms with Crippen LogP contribution in [0.4, 0.5) is 4.79 Å². The van der Waals surface area contributed by atoms with Gasteiger partial charge in [-0.2, -0.15) is 0 Å². The van der Waals surface area contributed by atoms with Gasteiger partial charge in [0.2, 0.25) is 0 Å². The van der Waals surface area contributed by atoms with Gasteiger partial charge >= 0.3 is 6.09 Å². The Labute approximate surface area is 144 Å². The van der Waals surface area contributed by atoms with Gasteiger partial charge in [0.1, 0.15) is 5.60 Å². The fourth-order valence-corrected chi connectivity index (χ4v) is 1.80. The number of hydrogen-bond donors (Lipinski definition) is 0. The Kier molecular flexibility index (Phi) is 14.1. The molecule has 138 valence electrons. The molecule has 1 amide bonds. The number of rotatable bonds is 9. The van der Waals surface area contributed by atoms with Gasteiger partial charge in [0.05, 0.1) is 6.10 Å². The first-order valence-electron chi connectivity index (χ1n) is 8.85. The van der Waals surface area contributed by atoms with E-state index in [-0.39, 0.29) is 12.2 Å². The smallest absolute Gasteiger partial charge is 0.410 e. The SMILES string of the molecule is C=C(C)CCCCOC(CC)CN(C)C(=O)OC(C)(C)C.CC. The van der Waals surface area contributed by atoms with E-state index >= 15 is 0 Å². The summed E-state index contributed by atoms with van der Waals surface area (Å²) in [5.41, 5.74) is 0.753. The number of carbonyl (C=O) groups is 1.